The second-order valence-corrected chi connectivity index (χ2v) is 10.1. The average molecular weight is 449 g/mol. The number of carbonyl (C=O) groups is 1. The lowest BCUT2D eigenvalue weighted by molar-refractivity contribution is 0.0953. The molecule has 0 unspecified atom stereocenters. The van der Waals surface area contributed by atoms with Gasteiger partial charge < -0.3 is 10.1 Å². The molecule has 1 aromatic heterocycles. The highest BCUT2D eigenvalue weighted by Gasteiger charge is 2.28. The maximum Gasteiger partial charge on any atom is 0.261 e. The van der Waals surface area contributed by atoms with E-state index in [2.05, 4.69) is 5.32 Å². The molecule has 158 valence electrons. The summed E-state index contributed by atoms with van der Waals surface area (Å²) in [6.45, 7) is 0.938. The molecule has 2 aromatic carbocycles. The monoisotopic (exact) mass is 448 g/mol. The van der Waals surface area contributed by atoms with E-state index in [-0.39, 0.29) is 31.4 Å². The van der Waals surface area contributed by atoms with Gasteiger partial charge in [-0.1, -0.05) is 24.3 Å². The normalized spacial score (nSPS) is 16.0. The van der Waals surface area contributed by atoms with Crippen molar-refractivity contribution in [1.82, 2.24) is 9.62 Å². The molecule has 0 saturated carbocycles. The third-order valence-electron chi connectivity index (χ3n) is 4.95. The van der Waals surface area contributed by atoms with E-state index < -0.39 is 15.8 Å². The molecule has 0 aliphatic carbocycles. The van der Waals surface area contributed by atoms with Gasteiger partial charge in [0, 0.05) is 35.3 Å². The highest BCUT2D eigenvalue weighted by molar-refractivity contribution is 7.89. The molecule has 0 bridgehead atoms. The first kappa shape index (κ1) is 20.8. The molecule has 9 heteroatoms. The van der Waals surface area contributed by atoms with E-state index in [1.54, 1.807) is 24.3 Å². The largest absolute Gasteiger partial charge is 0.489 e. The molecule has 0 radical (unpaired) electrons. The van der Waals surface area contributed by atoms with Crippen molar-refractivity contribution < 1.29 is 22.3 Å². The van der Waals surface area contributed by atoms with Gasteiger partial charge in [0.05, 0.1) is 10.6 Å². The van der Waals surface area contributed by atoms with Crippen LogP contribution in [0.25, 0.3) is 10.1 Å². The van der Waals surface area contributed by atoms with Gasteiger partial charge in [-0.15, -0.1) is 11.3 Å². The Hall–Kier alpha value is -2.49. The molecule has 30 heavy (non-hydrogen) atoms. The summed E-state index contributed by atoms with van der Waals surface area (Å²) >= 11 is 1.20. The summed E-state index contributed by atoms with van der Waals surface area (Å²) in [7, 11) is -3.21. The van der Waals surface area contributed by atoms with Crippen molar-refractivity contribution in [2.75, 3.05) is 25.4 Å². The summed E-state index contributed by atoms with van der Waals surface area (Å²) in [4.78, 5) is 13.2. The van der Waals surface area contributed by atoms with Crippen molar-refractivity contribution in [2.24, 2.45) is 0 Å². The van der Waals surface area contributed by atoms with Crippen LogP contribution in [-0.2, 0) is 16.6 Å². The fourth-order valence-electron chi connectivity index (χ4n) is 3.48. The number of para-hydroxylation sites is 1. The molecular weight excluding hydrogens is 427 g/mol. The van der Waals surface area contributed by atoms with E-state index in [9.17, 15) is 17.6 Å². The number of nitrogens with zero attached hydrogens (tertiary/aromatic N) is 1. The van der Waals surface area contributed by atoms with Crippen LogP contribution in [0.15, 0.2) is 48.5 Å². The number of amides is 1. The highest BCUT2D eigenvalue weighted by atomic mass is 32.2. The average Bonchev–Trinajstić information content (AvgIpc) is 3.27. The number of fused-ring (bicyclic) bond motifs is 1. The number of sulfonamides is 1. The second-order valence-electron chi connectivity index (χ2n) is 6.95. The molecule has 4 rings (SSSR count). The molecule has 1 saturated heterocycles. The number of thiophene rings is 1. The summed E-state index contributed by atoms with van der Waals surface area (Å²) < 4.78 is 46.2. The third kappa shape index (κ3) is 4.33. The van der Waals surface area contributed by atoms with Gasteiger partial charge in [0.25, 0.3) is 5.91 Å². The Morgan fingerprint density at radius 3 is 2.70 bits per heavy atom. The van der Waals surface area contributed by atoms with Crippen molar-refractivity contribution in [3.05, 3.63) is 64.8 Å². The molecule has 3 aromatic rings. The fourth-order valence-corrected chi connectivity index (χ4v) is 6.14. The number of hydrogen-bond donors (Lipinski definition) is 1. The van der Waals surface area contributed by atoms with Crippen molar-refractivity contribution in [1.29, 1.82) is 0 Å². The standard InChI is InChI=1S/C21H21FN2O4S2/c22-17-8-4-9-18-19(17)16(14-28-15-6-2-1-3-7-15)20(29-18)21(25)23-10-12-24-11-5-13-30(24,26)27/h1-4,6-9H,5,10-14H2,(H,23,25). The molecule has 0 atom stereocenters. The number of ether oxygens (including phenoxy) is 1. The molecular formula is C21H21FN2O4S2. The maximum atomic E-state index is 14.5. The number of rotatable bonds is 7. The topological polar surface area (TPSA) is 75.7 Å². The van der Waals surface area contributed by atoms with E-state index in [0.717, 1.165) is 0 Å². The zero-order valence-electron chi connectivity index (χ0n) is 16.1. The van der Waals surface area contributed by atoms with Crippen LogP contribution in [0, 0.1) is 5.82 Å². The van der Waals surface area contributed by atoms with Gasteiger partial charge in [-0.3, -0.25) is 4.79 Å². The van der Waals surface area contributed by atoms with Crippen LogP contribution in [0.5, 0.6) is 5.75 Å². The van der Waals surface area contributed by atoms with Crippen LogP contribution in [0.1, 0.15) is 21.7 Å². The fraction of sp³-hybridized carbons (Fsp3) is 0.286. The lowest BCUT2D eigenvalue weighted by Gasteiger charge is -2.14. The summed E-state index contributed by atoms with van der Waals surface area (Å²) in [5, 5.41) is 3.15. The first-order valence-corrected chi connectivity index (χ1v) is 12.0. The minimum Gasteiger partial charge on any atom is -0.489 e. The highest BCUT2D eigenvalue weighted by Crippen LogP contribution is 2.34. The smallest absolute Gasteiger partial charge is 0.261 e. The van der Waals surface area contributed by atoms with Gasteiger partial charge >= 0.3 is 0 Å². The number of halogens is 1. The minimum absolute atomic E-state index is 0.0498. The van der Waals surface area contributed by atoms with Crippen molar-refractivity contribution in [2.45, 2.75) is 13.0 Å². The van der Waals surface area contributed by atoms with Crippen LogP contribution in [-0.4, -0.2) is 44.0 Å². The van der Waals surface area contributed by atoms with Gasteiger partial charge in [0.15, 0.2) is 0 Å². The maximum absolute atomic E-state index is 14.5. The lowest BCUT2D eigenvalue weighted by atomic mass is 10.1. The zero-order chi connectivity index (χ0) is 21.1. The van der Waals surface area contributed by atoms with Gasteiger partial charge in [-0.25, -0.2) is 17.1 Å². The third-order valence-corrected chi connectivity index (χ3v) is 8.10. The first-order chi connectivity index (χ1) is 14.5. The van der Waals surface area contributed by atoms with Gasteiger partial charge in [0.2, 0.25) is 10.0 Å². The van der Waals surface area contributed by atoms with Crippen LogP contribution < -0.4 is 10.1 Å². The molecule has 2 heterocycles. The van der Waals surface area contributed by atoms with Gasteiger partial charge in [-0.2, -0.15) is 0 Å². The molecule has 1 fully saturated rings. The molecule has 1 N–H and O–H groups in total. The Labute approximate surface area is 178 Å². The Bertz CT molecular complexity index is 1160. The summed E-state index contributed by atoms with van der Waals surface area (Å²) in [5.74, 6) is 0.00704. The Morgan fingerprint density at radius 1 is 1.17 bits per heavy atom. The van der Waals surface area contributed by atoms with Crippen molar-refractivity contribution in [3.8, 4) is 5.75 Å². The van der Waals surface area contributed by atoms with Gasteiger partial charge in [-0.05, 0) is 30.7 Å². The summed E-state index contributed by atoms with van der Waals surface area (Å²) in [6.07, 6.45) is 0.604. The number of nitrogens with one attached hydrogen (secondary N) is 1. The molecule has 6 nitrogen and oxygen atoms in total. The van der Waals surface area contributed by atoms with Crippen LogP contribution >= 0.6 is 11.3 Å². The van der Waals surface area contributed by atoms with E-state index in [1.165, 1.54) is 21.7 Å². The Morgan fingerprint density at radius 2 is 1.97 bits per heavy atom. The number of carbonyl (C=O) groups excluding carboxylic acids is 1. The van der Waals surface area contributed by atoms with Gasteiger partial charge in [0.1, 0.15) is 18.2 Å². The SMILES string of the molecule is O=C(NCCN1CCCS1(=O)=O)c1sc2cccc(F)c2c1COc1ccccc1. The Kier molecular flexibility index (Phi) is 6.03. The van der Waals surface area contributed by atoms with E-state index in [0.29, 0.717) is 39.2 Å². The minimum atomic E-state index is -3.21. The predicted molar refractivity (Wildman–Crippen MR) is 115 cm³/mol. The molecule has 1 aliphatic heterocycles. The lowest BCUT2D eigenvalue weighted by Crippen LogP contribution is -2.35. The number of hydrogen-bond acceptors (Lipinski definition) is 5. The van der Waals surface area contributed by atoms with Crippen molar-refractivity contribution >= 4 is 37.4 Å². The summed E-state index contributed by atoms with van der Waals surface area (Å²) in [5.41, 5.74) is 0.489. The van der Waals surface area contributed by atoms with E-state index in [1.807, 2.05) is 18.2 Å². The first-order valence-electron chi connectivity index (χ1n) is 9.59. The predicted octanol–water partition coefficient (Wildman–Crippen LogP) is 3.38. The second kappa shape index (κ2) is 8.71. The Balaban J connectivity index is 1.53. The molecule has 1 amide bonds. The summed E-state index contributed by atoms with van der Waals surface area (Å²) in [6, 6.07) is 13.9. The van der Waals surface area contributed by atoms with Crippen LogP contribution in [0.3, 0.4) is 0 Å². The quantitative estimate of drug-likeness (QED) is 0.601. The van der Waals surface area contributed by atoms with Crippen LogP contribution in [0.2, 0.25) is 0 Å². The molecule has 1 aliphatic rings. The van der Waals surface area contributed by atoms with E-state index in [4.69, 9.17) is 4.74 Å². The van der Waals surface area contributed by atoms with E-state index >= 15 is 0 Å². The van der Waals surface area contributed by atoms with Crippen LogP contribution in [0.4, 0.5) is 4.39 Å². The van der Waals surface area contributed by atoms with Crippen molar-refractivity contribution in [3.63, 3.8) is 0 Å². The number of benzene rings is 2. The zero-order valence-corrected chi connectivity index (χ0v) is 17.8. The molecule has 0 spiro atoms.